The Kier molecular flexibility index (Phi) is 8.70. The number of aryl methyl sites for hydroxylation is 1. The lowest BCUT2D eigenvalue weighted by atomic mass is 9.94. The minimum atomic E-state index is -0.851. The quantitative estimate of drug-likeness (QED) is 0.535. The zero-order valence-electron chi connectivity index (χ0n) is 19.6. The van der Waals surface area contributed by atoms with Gasteiger partial charge in [0.1, 0.15) is 0 Å². The summed E-state index contributed by atoms with van der Waals surface area (Å²) < 4.78 is 10.9. The molecule has 0 aromatic heterocycles. The highest BCUT2D eigenvalue weighted by atomic mass is 16.5. The molecule has 1 saturated heterocycles. The molecule has 0 radical (unpaired) electrons. The normalized spacial score (nSPS) is 15.0. The molecule has 0 amide bonds. The van der Waals surface area contributed by atoms with Gasteiger partial charge in [-0.25, -0.2) is 0 Å². The number of rotatable bonds is 10. The molecule has 1 aliphatic rings. The fourth-order valence-electron chi connectivity index (χ4n) is 4.49. The van der Waals surface area contributed by atoms with Gasteiger partial charge in [0.15, 0.2) is 0 Å². The van der Waals surface area contributed by atoms with E-state index in [0.29, 0.717) is 18.2 Å². The maximum absolute atomic E-state index is 11.4. The first kappa shape index (κ1) is 24.6. The molecule has 7 nitrogen and oxygen atoms in total. The molecule has 7 heteroatoms. The van der Waals surface area contributed by atoms with E-state index in [9.17, 15) is 15.2 Å². The van der Waals surface area contributed by atoms with Crippen LogP contribution in [0.4, 0.5) is 17.1 Å². The van der Waals surface area contributed by atoms with Crippen molar-refractivity contribution < 1.29 is 19.4 Å². The van der Waals surface area contributed by atoms with Crippen LogP contribution in [0.2, 0.25) is 0 Å². The number of carbonyl (C=O) groups is 1. The lowest BCUT2D eigenvalue weighted by Crippen LogP contribution is -2.39. The molecule has 0 spiro atoms. The molecular formula is C26H33N3O4. The summed E-state index contributed by atoms with van der Waals surface area (Å²) in [5.74, 6) is -1.10. The Morgan fingerprint density at radius 3 is 2.67 bits per heavy atom. The van der Waals surface area contributed by atoms with Crippen LogP contribution in [0.1, 0.15) is 48.8 Å². The number of nitriles is 1. The first-order valence-corrected chi connectivity index (χ1v) is 11.4. The van der Waals surface area contributed by atoms with Gasteiger partial charge in [-0.3, -0.25) is 4.79 Å². The average Bonchev–Trinajstić information content (AvgIpc) is 2.81. The molecular weight excluding hydrogens is 418 g/mol. The summed E-state index contributed by atoms with van der Waals surface area (Å²) in [5.41, 5.74) is 5.33. The monoisotopic (exact) mass is 451 g/mol. The number of hydrogen-bond donors (Lipinski definition) is 2. The topological polar surface area (TPSA) is 94.8 Å². The highest BCUT2D eigenvalue weighted by molar-refractivity contribution is 5.77. The summed E-state index contributed by atoms with van der Waals surface area (Å²) in [7, 11) is 1.59. The Morgan fingerprint density at radius 2 is 2.06 bits per heavy atom. The Bertz CT molecular complexity index is 996. The molecule has 33 heavy (non-hydrogen) atoms. The lowest BCUT2D eigenvalue weighted by Gasteiger charge is -2.37. The Morgan fingerprint density at radius 1 is 1.30 bits per heavy atom. The maximum atomic E-state index is 11.4. The minimum absolute atomic E-state index is 0.0000567. The predicted octanol–water partition coefficient (Wildman–Crippen LogP) is 4.82. The number of anilines is 3. The summed E-state index contributed by atoms with van der Waals surface area (Å²) in [4.78, 5) is 13.8. The number of nitrogens with zero attached hydrogens (tertiary/aromatic N) is 2. The van der Waals surface area contributed by atoms with E-state index in [1.807, 2.05) is 37.3 Å². The SMILES string of the molecule is CCN(c1ccc([C@@H](COC)CC(=O)O)cc1Nc1ccc(C#N)c(C)c1)C1CCOCC1. The number of ether oxygens (including phenoxy) is 2. The van der Waals surface area contributed by atoms with Gasteiger partial charge in [0, 0.05) is 44.5 Å². The number of carboxylic acid groups (broad SMARTS) is 1. The van der Waals surface area contributed by atoms with Crippen molar-refractivity contribution in [3.05, 3.63) is 53.1 Å². The highest BCUT2D eigenvalue weighted by Gasteiger charge is 2.24. The summed E-state index contributed by atoms with van der Waals surface area (Å²) in [6.45, 7) is 6.76. The largest absolute Gasteiger partial charge is 0.481 e. The molecule has 0 saturated carbocycles. The van der Waals surface area contributed by atoms with Gasteiger partial charge in [-0.2, -0.15) is 5.26 Å². The summed E-state index contributed by atoms with van der Waals surface area (Å²) in [6, 6.07) is 14.4. The third-order valence-corrected chi connectivity index (χ3v) is 6.19. The van der Waals surface area contributed by atoms with E-state index in [1.165, 1.54) is 0 Å². The van der Waals surface area contributed by atoms with Crippen molar-refractivity contribution in [2.45, 2.75) is 45.1 Å². The average molecular weight is 452 g/mol. The Hall–Kier alpha value is -3.08. The fraction of sp³-hybridized carbons (Fsp3) is 0.462. The predicted molar refractivity (Wildman–Crippen MR) is 129 cm³/mol. The summed E-state index contributed by atoms with van der Waals surface area (Å²) >= 11 is 0. The van der Waals surface area contributed by atoms with E-state index in [0.717, 1.165) is 60.8 Å². The van der Waals surface area contributed by atoms with E-state index >= 15 is 0 Å². The molecule has 2 N–H and O–H groups in total. The molecule has 3 rings (SSSR count). The van der Waals surface area contributed by atoms with Crippen LogP contribution in [-0.2, 0) is 14.3 Å². The van der Waals surface area contributed by atoms with Gasteiger partial charge in [-0.15, -0.1) is 0 Å². The molecule has 1 aliphatic heterocycles. The van der Waals surface area contributed by atoms with Crippen molar-refractivity contribution in [2.24, 2.45) is 0 Å². The van der Waals surface area contributed by atoms with Gasteiger partial charge < -0.3 is 24.8 Å². The third kappa shape index (κ3) is 6.25. The Balaban J connectivity index is 2.02. The van der Waals surface area contributed by atoms with Crippen molar-refractivity contribution in [3.63, 3.8) is 0 Å². The molecule has 176 valence electrons. The van der Waals surface area contributed by atoms with Gasteiger partial charge in [-0.05, 0) is 68.1 Å². The number of carboxylic acids is 1. The van der Waals surface area contributed by atoms with Crippen LogP contribution >= 0.6 is 0 Å². The molecule has 0 bridgehead atoms. The van der Waals surface area contributed by atoms with E-state index in [1.54, 1.807) is 7.11 Å². The van der Waals surface area contributed by atoms with Crippen molar-refractivity contribution in [1.82, 2.24) is 0 Å². The van der Waals surface area contributed by atoms with Crippen LogP contribution in [0.15, 0.2) is 36.4 Å². The third-order valence-electron chi connectivity index (χ3n) is 6.19. The van der Waals surface area contributed by atoms with Crippen molar-refractivity contribution in [1.29, 1.82) is 5.26 Å². The molecule has 1 heterocycles. The van der Waals surface area contributed by atoms with Gasteiger partial charge in [0.2, 0.25) is 0 Å². The van der Waals surface area contributed by atoms with Gasteiger partial charge in [0.05, 0.1) is 36.0 Å². The van der Waals surface area contributed by atoms with Crippen LogP contribution in [0.5, 0.6) is 0 Å². The molecule has 0 aliphatic carbocycles. The van der Waals surface area contributed by atoms with E-state index in [2.05, 4.69) is 29.3 Å². The maximum Gasteiger partial charge on any atom is 0.304 e. The second kappa shape index (κ2) is 11.7. The first-order chi connectivity index (χ1) is 16.0. The van der Waals surface area contributed by atoms with E-state index < -0.39 is 5.97 Å². The molecule has 2 aromatic rings. The number of benzene rings is 2. The zero-order valence-corrected chi connectivity index (χ0v) is 19.6. The van der Waals surface area contributed by atoms with E-state index in [-0.39, 0.29) is 12.3 Å². The second-order valence-corrected chi connectivity index (χ2v) is 8.42. The van der Waals surface area contributed by atoms with Gasteiger partial charge in [0.25, 0.3) is 0 Å². The number of nitrogens with one attached hydrogen (secondary N) is 1. The smallest absolute Gasteiger partial charge is 0.304 e. The minimum Gasteiger partial charge on any atom is -0.481 e. The fourth-order valence-corrected chi connectivity index (χ4v) is 4.49. The second-order valence-electron chi connectivity index (χ2n) is 8.42. The highest BCUT2D eigenvalue weighted by Crippen LogP contribution is 2.36. The van der Waals surface area contributed by atoms with Crippen molar-refractivity contribution >= 4 is 23.0 Å². The first-order valence-electron chi connectivity index (χ1n) is 11.4. The van der Waals surface area contributed by atoms with Crippen LogP contribution in [-0.4, -0.2) is 50.6 Å². The van der Waals surface area contributed by atoms with Gasteiger partial charge >= 0.3 is 5.97 Å². The standard InChI is InChI=1S/C26H33N3O4/c1-4-29(23-9-11-33-12-10-23)25-8-6-19(21(17-32-3)15-26(30)31)14-24(25)28-22-7-5-20(16-27)18(2)13-22/h5-8,13-14,21,23,28H,4,9-12,15,17H2,1-3H3,(H,30,31)/t21-/m1/s1. The number of methoxy groups -OCH3 is 1. The van der Waals surface area contributed by atoms with E-state index in [4.69, 9.17) is 9.47 Å². The van der Waals surface area contributed by atoms with Crippen LogP contribution in [0.25, 0.3) is 0 Å². The zero-order chi connectivity index (χ0) is 23.8. The molecule has 1 atom stereocenters. The van der Waals surface area contributed by atoms with Crippen molar-refractivity contribution in [3.8, 4) is 6.07 Å². The Labute approximate surface area is 195 Å². The van der Waals surface area contributed by atoms with Gasteiger partial charge in [-0.1, -0.05) is 6.07 Å². The number of aliphatic carboxylic acids is 1. The van der Waals surface area contributed by atoms with Crippen molar-refractivity contribution in [2.75, 3.05) is 43.7 Å². The molecule has 2 aromatic carbocycles. The van der Waals surface area contributed by atoms with Crippen LogP contribution < -0.4 is 10.2 Å². The number of hydrogen-bond acceptors (Lipinski definition) is 6. The summed E-state index contributed by atoms with van der Waals surface area (Å²) in [5, 5.41) is 22.2. The summed E-state index contributed by atoms with van der Waals surface area (Å²) in [6.07, 6.45) is 1.94. The lowest BCUT2D eigenvalue weighted by molar-refractivity contribution is -0.137. The van der Waals surface area contributed by atoms with Crippen LogP contribution in [0.3, 0.4) is 0 Å². The van der Waals surface area contributed by atoms with Crippen LogP contribution in [0, 0.1) is 18.3 Å². The molecule has 1 fully saturated rings. The molecule has 0 unspecified atom stereocenters.